The van der Waals surface area contributed by atoms with E-state index in [4.69, 9.17) is 20.8 Å². The van der Waals surface area contributed by atoms with Gasteiger partial charge in [-0.25, -0.2) is 9.18 Å². The Labute approximate surface area is 133 Å². The Morgan fingerprint density at radius 1 is 1.41 bits per heavy atom. The van der Waals surface area contributed by atoms with E-state index in [1.165, 1.54) is 18.2 Å². The zero-order valence-corrected chi connectivity index (χ0v) is 13.0. The lowest BCUT2D eigenvalue weighted by Crippen LogP contribution is -2.04. The molecule has 0 aliphatic rings. The number of thiophene rings is 1. The minimum absolute atomic E-state index is 0.134. The molecule has 0 spiro atoms. The van der Waals surface area contributed by atoms with Gasteiger partial charge in [-0.3, -0.25) is 0 Å². The summed E-state index contributed by atoms with van der Waals surface area (Å²) in [5, 5.41) is 8.40. The van der Waals surface area contributed by atoms with Crippen molar-refractivity contribution in [2.75, 3.05) is 0 Å². The second-order valence-electron chi connectivity index (χ2n) is 4.40. The summed E-state index contributed by atoms with van der Waals surface area (Å²) in [6.45, 7) is 1.74. The highest BCUT2D eigenvalue weighted by molar-refractivity contribution is 7.21. The molecule has 3 rings (SSSR count). The third-order valence-corrected chi connectivity index (χ3v) is 4.55. The summed E-state index contributed by atoms with van der Waals surface area (Å²) in [6.07, 6.45) is 0.606. The van der Waals surface area contributed by atoms with E-state index >= 15 is 0 Å². The summed E-state index contributed by atoms with van der Waals surface area (Å²) >= 11 is 7.23. The van der Waals surface area contributed by atoms with Crippen molar-refractivity contribution in [2.45, 2.75) is 20.0 Å². The number of ether oxygens (including phenoxy) is 1. The van der Waals surface area contributed by atoms with Gasteiger partial charge in [0.2, 0.25) is 5.89 Å². The lowest BCUT2D eigenvalue weighted by Gasteiger charge is -1.99. The van der Waals surface area contributed by atoms with E-state index in [2.05, 4.69) is 10.2 Å². The van der Waals surface area contributed by atoms with E-state index in [9.17, 15) is 9.18 Å². The number of fused-ring (bicyclic) bond motifs is 1. The van der Waals surface area contributed by atoms with Gasteiger partial charge >= 0.3 is 5.97 Å². The van der Waals surface area contributed by atoms with Crippen LogP contribution in [0.5, 0.6) is 0 Å². The predicted molar refractivity (Wildman–Crippen MR) is 79.6 cm³/mol. The van der Waals surface area contributed by atoms with Crippen LogP contribution in [0.25, 0.3) is 10.1 Å². The first-order chi connectivity index (χ1) is 10.6. The van der Waals surface area contributed by atoms with Gasteiger partial charge in [-0.05, 0) is 18.2 Å². The molecule has 0 saturated carbocycles. The molecule has 0 atom stereocenters. The number of esters is 1. The van der Waals surface area contributed by atoms with Crippen molar-refractivity contribution in [3.8, 4) is 0 Å². The van der Waals surface area contributed by atoms with Crippen LogP contribution in [-0.2, 0) is 17.8 Å². The van der Waals surface area contributed by atoms with Gasteiger partial charge in [-0.2, -0.15) is 0 Å². The molecule has 0 unspecified atom stereocenters. The van der Waals surface area contributed by atoms with Gasteiger partial charge in [0.1, 0.15) is 10.7 Å². The molecule has 8 heteroatoms. The molecule has 2 heterocycles. The van der Waals surface area contributed by atoms with Crippen molar-refractivity contribution in [1.82, 2.24) is 10.2 Å². The molecule has 1 aromatic carbocycles. The Morgan fingerprint density at radius 2 is 2.18 bits per heavy atom. The van der Waals surface area contributed by atoms with E-state index in [0.29, 0.717) is 22.4 Å². The Hall–Kier alpha value is -1.99. The van der Waals surface area contributed by atoms with Crippen LogP contribution in [0.4, 0.5) is 4.39 Å². The fraction of sp³-hybridized carbons (Fsp3) is 0.214. The minimum Gasteiger partial charge on any atom is -0.451 e. The first kappa shape index (κ1) is 14.9. The molecule has 0 bridgehead atoms. The molecule has 0 saturated heterocycles. The summed E-state index contributed by atoms with van der Waals surface area (Å²) in [5.74, 6) is -0.305. The molecule has 22 heavy (non-hydrogen) atoms. The van der Waals surface area contributed by atoms with Crippen molar-refractivity contribution >= 4 is 39.0 Å². The van der Waals surface area contributed by atoms with Crippen LogP contribution >= 0.6 is 22.9 Å². The average Bonchev–Trinajstić information content (AvgIpc) is 3.09. The first-order valence-corrected chi connectivity index (χ1v) is 7.64. The highest BCUT2D eigenvalue weighted by Gasteiger charge is 2.19. The summed E-state index contributed by atoms with van der Waals surface area (Å²) in [4.78, 5) is 12.3. The molecular weight excluding hydrogens is 331 g/mol. The maximum Gasteiger partial charge on any atom is 0.350 e. The molecule has 0 aliphatic carbocycles. The van der Waals surface area contributed by atoms with Gasteiger partial charge in [-0.1, -0.05) is 18.5 Å². The standard InChI is InChI=1S/C14H10ClFN2O3S/c1-2-10-17-18-11(21-10)6-20-14(19)13-12(15)8-4-3-7(16)5-9(8)22-13/h3-5H,2,6H2,1H3. The highest BCUT2D eigenvalue weighted by Crippen LogP contribution is 2.36. The van der Waals surface area contributed by atoms with Gasteiger partial charge < -0.3 is 9.15 Å². The predicted octanol–water partition coefficient (Wildman–Crippen LogP) is 4.00. The van der Waals surface area contributed by atoms with Crippen LogP contribution in [0.2, 0.25) is 5.02 Å². The van der Waals surface area contributed by atoms with Crippen LogP contribution in [0.3, 0.4) is 0 Å². The van der Waals surface area contributed by atoms with Gasteiger partial charge in [0, 0.05) is 16.5 Å². The third-order valence-electron chi connectivity index (χ3n) is 2.91. The van der Waals surface area contributed by atoms with Gasteiger partial charge in [0.25, 0.3) is 5.89 Å². The third kappa shape index (κ3) is 2.82. The number of aromatic nitrogens is 2. The zero-order chi connectivity index (χ0) is 15.7. The van der Waals surface area contributed by atoms with Crippen LogP contribution in [-0.4, -0.2) is 16.2 Å². The maximum atomic E-state index is 13.2. The molecule has 0 fully saturated rings. The Balaban J connectivity index is 1.78. The fourth-order valence-electron chi connectivity index (χ4n) is 1.85. The molecule has 0 N–H and O–H groups in total. The van der Waals surface area contributed by atoms with E-state index in [-0.39, 0.29) is 28.2 Å². The smallest absolute Gasteiger partial charge is 0.350 e. The number of hydrogen-bond acceptors (Lipinski definition) is 6. The number of rotatable bonds is 4. The lowest BCUT2D eigenvalue weighted by molar-refractivity contribution is 0.0442. The van der Waals surface area contributed by atoms with E-state index in [1.807, 2.05) is 6.92 Å². The molecular formula is C14H10ClFN2O3S. The Morgan fingerprint density at radius 3 is 2.91 bits per heavy atom. The van der Waals surface area contributed by atoms with E-state index in [0.717, 1.165) is 11.3 Å². The van der Waals surface area contributed by atoms with Gasteiger partial charge in [-0.15, -0.1) is 21.5 Å². The number of benzene rings is 1. The van der Waals surface area contributed by atoms with Crippen LogP contribution in [0.15, 0.2) is 22.6 Å². The molecule has 0 amide bonds. The number of aryl methyl sites for hydroxylation is 1. The van der Waals surface area contributed by atoms with E-state index in [1.54, 1.807) is 0 Å². The Kier molecular flexibility index (Phi) is 4.08. The normalized spacial score (nSPS) is 11.0. The lowest BCUT2D eigenvalue weighted by atomic mass is 10.2. The van der Waals surface area contributed by atoms with Crippen molar-refractivity contribution < 1.29 is 18.3 Å². The number of nitrogens with zero attached hydrogens (tertiary/aromatic N) is 2. The van der Waals surface area contributed by atoms with Crippen LogP contribution in [0.1, 0.15) is 28.4 Å². The summed E-state index contributed by atoms with van der Waals surface area (Å²) in [7, 11) is 0. The van der Waals surface area contributed by atoms with Gasteiger partial charge in [0.15, 0.2) is 6.61 Å². The average molecular weight is 341 g/mol. The SMILES string of the molecule is CCc1nnc(COC(=O)c2sc3cc(F)ccc3c2Cl)o1. The molecule has 2 aromatic heterocycles. The number of carbonyl (C=O) groups is 1. The van der Waals surface area contributed by atoms with Crippen molar-refractivity contribution in [1.29, 1.82) is 0 Å². The van der Waals surface area contributed by atoms with Crippen molar-refractivity contribution in [3.63, 3.8) is 0 Å². The summed E-state index contributed by atoms with van der Waals surface area (Å²) in [6, 6.07) is 4.15. The molecule has 5 nitrogen and oxygen atoms in total. The number of hydrogen-bond donors (Lipinski definition) is 0. The maximum absolute atomic E-state index is 13.2. The monoisotopic (exact) mass is 340 g/mol. The zero-order valence-electron chi connectivity index (χ0n) is 11.4. The second kappa shape index (κ2) is 6.02. The van der Waals surface area contributed by atoms with Crippen LogP contribution in [0, 0.1) is 5.82 Å². The molecule has 114 valence electrons. The Bertz CT molecular complexity index is 846. The van der Waals surface area contributed by atoms with Crippen molar-refractivity contribution in [2.24, 2.45) is 0 Å². The molecule has 3 aromatic rings. The molecule has 0 radical (unpaired) electrons. The summed E-state index contributed by atoms with van der Waals surface area (Å²) < 4.78 is 24.1. The first-order valence-electron chi connectivity index (χ1n) is 6.44. The van der Waals surface area contributed by atoms with Crippen molar-refractivity contribution in [3.05, 3.63) is 45.7 Å². The number of carbonyl (C=O) groups excluding carboxylic acids is 1. The minimum atomic E-state index is -0.608. The van der Waals surface area contributed by atoms with E-state index < -0.39 is 5.97 Å². The fourth-order valence-corrected chi connectivity index (χ4v) is 3.28. The second-order valence-corrected chi connectivity index (χ2v) is 5.84. The largest absolute Gasteiger partial charge is 0.451 e. The quantitative estimate of drug-likeness (QED) is 0.672. The molecule has 0 aliphatic heterocycles. The highest BCUT2D eigenvalue weighted by atomic mass is 35.5. The van der Waals surface area contributed by atoms with Gasteiger partial charge in [0.05, 0.1) is 5.02 Å². The van der Waals surface area contributed by atoms with Crippen LogP contribution < -0.4 is 0 Å². The topological polar surface area (TPSA) is 65.2 Å². The summed E-state index contributed by atoms with van der Waals surface area (Å²) in [5.41, 5.74) is 0. The number of halogens is 2.